The Morgan fingerprint density at radius 1 is 1.08 bits per heavy atom. The zero-order valence-corrected chi connectivity index (χ0v) is 9.39. The first-order chi connectivity index (χ1) is 6.01. The van der Waals surface area contributed by atoms with Gasteiger partial charge in [-0.1, -0.05) is 45.9 Å². The van der Waals surface area contributed by atoms with Gasteiger partial charge in [0.05, 0.1) is 0 Å². The van der Waals surface area contributed by atoms with E-state index < -0.39 is 0 Å². The Labute approximate surface area is 82.0 Å². The maximum absolute atomic E-state index is 5.74. The predicted octanol–water partition coefficient (Wildman–Crippen LogP) is 3.40. The third-order valence-electron chi connectivity index (χ3n) is 1.91. The number of hydrogen-bond acceptors (Lipinski definition) is 1. The molecule has 0 amide bonds. The van der Waals surface area contributed by atoms with E-state index in [9.17, 15) is 0 Å². The van der Waals surface area contributed by atoms with Gasteiger partial charge in [0.2, 0.25) is 0 Å². The van der Waals surface area contributed by atoms with Gasteiger partial charge >= 0.3 is 0 Å². The van der Waals surface area contributed by atoms with E-state index >= 15 is 0 Å². The maximum Gasteiger partial charge on any atom is 0.0340 e. The maximum atomic E-state index is 5.74. The summed E-state index contributed by atoms with van der Waals surface area (Å²) >= 11 is 0. The highest BCUT2D eigenvalue weighted by Gasteiger charge is 2.10. The third kappa shape index (κ3) is 3.97. The average Bonchev–Trinajstić information content (AvgIpc) is 2.23. The molecule has 0 spiro atoms. The SMILES string of the molecule is CC.CC1=C(N)C=CC(C)(C)C=C1. The second kappa shape index (κ2) is 4.90. The van der Waals surface area contributed by atoms with Crippen molar-refractivity contribution in [1.82, 2.24) is 0 Å². The van der Waals surface area contributed by atoms with Gasteiger partial charge in [0.1, 0.15) is 0 Å². The Balaban J connectivity index is 0.000000671. The van der Waals surface area contributed by atoms with Crippen molar-refractivity contribution >= 4 is 0 Å². The van der Waals surface area contributed by atoms with Crippen molar-refractivity contribution in [3.05, 3.63) is 35.6 Å². The van der Waals surface area contributed by atoms with Crippen LogP contribution in [0.1, 0.15) is 34.6 Å². The number of hydrogen-bond donors (Lipinski definition) is 1. The zero-order chi connectivity index (χ0) is 10.5. The number of rotatable bonds is 0. The van der Waals surface area contributed by atoms with Crippen LogP contribution in [0.4, 0.5) is 0 Å². The van der Waals surface area contributed by atoms with E-state index in [1.165, 1.54) is 0 Å². The predicted molar refractivity (Wildman–Crippen MR) is 60.3 cm³/mol. The fourth-order valence-electron chi connectivity index (χ4n) is 0.928. The summed E-state index contributed by atoms with van der Waals surface area (Å²) in [6.07, 6.45) is 8.35. The van der Waals surface area contributed by atoms with E-state index in [0.29, 0.717) is 0 Å². The first-order valence-electron chi connectivity index (χ1n) is 4.86. The lowest BCUT2D eigenvalue weighted by Gasteiger charge is -2.12. The van der Waals surface area contributed by atoms with E-state index in [4.69, 9.17) is 5.73 Å². The summed E-state index contributed by atoms with van der Waals surface area (Å²) < 4.78 is 0. The molecule has 0 saturated carbocycles. The minimum absolute atomic E-state index is 0.141. The largest absolute Gasteiger partial charge is 0.399 e. The van der Waals surface area contributed by atoms with Gasteiger partial charge in [0.15, 0.2) is 0 Å². The molecule has 13 heavy (non-hydrogen) atoms. The molecule has 0 unspecified atom stereocenters. The first kappa shape index (κ1) is 12.0. The molecule has 0 bridgehead atoms. The molecule has 2 N–H and O–H groups in total. The first-order valence-corrected chi connectivity index (χ1v) is 4.86. The highest BCUT2D eigenvalue weighted by Crippen LogP contribution is 2.23. The van der Waals surface area contributed by atoms with Crippen LogP contribution in [0.15, 0.2) is 35.6 Å². The lowest BCUT2D eigenvalue weighted by atomic mass is 9.93. The molecule has 0 atom stereocenters. The molecule has 0 aromatic carbocycles. The van der Waals surface area contributed by atoms with Crippen LogP contribution in [0, 0.1) is 5.41 Å². The van der Waals surface area contributed by atoms with Crippen molar-refractivity contribution in [2.24, 2.45) is 11.1 Å². The summed E-state index contributed by atoms with van der Waals surface area (Å²) in [4.78, 5) is 0. The van der Waals surface area contributed by atoms with Gasteiger partial charge in [0.25, 0.3) is 0 Å². The summed E-state index contributed by atoms with van der Waals surface area (Å²) in [6, 6.07) is 0. The highest BCUT2D eigenvalue weighted by molar-refractivity contribution is 5.35. The van der Waals surface area contributed by atoms with E-state index in [1.54, 1.807) is 0 Å². The molecule has 1 rings (SSSR count). The van der Waals surface area contributed by atoms with Crippen molar-refractivity contribution in [2.75, 3.05) is 0 Å². The molecule has 0 heterocycles. The molecule has 1 aliphatic rings. The van der Waals surface area contributed by atoms with Gasteiger partial charge in [-0.2, -0.15) is 0 Å². The zero-order valence-electron chi connectivity index (χ0n) is 9.39. The van der Waals surface area contributed by atoms with Crippen molar-refractivity contribution in [3.63, 3.8) is 0 Å². The molecule has 1 aliphatic carbocycles. The Bertz CT molecular complexity index is 218. The van der Waals surface area contributed by atoms with Crippen LogP contribution in [0.3, 0.4) is 0 Å². The van der Waals surface area contributed by atoms with Crippen LogP contribution in [0.5, 0.6) is 0 Å². The molecule has 0 saturated heterocycles. The fourth-order valence-corrected chi connectivity index (χ4v) is 0.928. The molecule has 0 aliphatic heterocycles. The van der Waals surface area contributed by atoms with E-state index in [-0.39, 0.29) is 5.41 Å². The summed E-state index contributed by atoms with van der Waals surface area (Å²) in [5.74, 6) is 0. The third-order valence-corrected chi connectivity index (χ3v) is 1.91. The van der Waals surface area contributed by atoms with Gasteiger partial charge in [-0.15, -0.1) is 0 Å². The topological polar surface area (TPSA) is 26.0 Å². The van der Waals surface area contributed by atoms with E-state index in [1.807, 2.05) is 26.8 Å². The molecular weight excluding hydrogens is 158 g/mol. The van der Waals surface area contributed by atoms with E-state index in [2.05, 4.69) is 32.1 Å². The second-order valence-corrected chi connectivity index (χ2v) is 3.63. The molecule has 0 aromatic heterocycles. The van der Waals surface area contributed by atoms with Crippen molar-refractivity contribution in [3.8, 4) is 0 Å². The molecule has 0 aromatic rings. The van der Waals surface area contributed by atoms with Crippen molar-refractivity contribution in [1.29, 1.82) is 0 Å². The lowest BCUT2D eigenvalue weighted by molar-refractivity contribution is 0.626. The van der Waals surface area contributed by atoms with Crippen molar-refractivity contribution in [2.45, 2.75) is 34.6 Å². The van der Waals surface area contributed by atoms with Crippen LogP contribution in [0.25, 0.3) is 0 Å². The van der Waals surface area contributed by atoms with Gasteiger partial charge in [-0.25, -0.2) is 0 Å². The number of nitrogens with two attached hydrogens (primary N) is 1. The van der Waals surface area contributed by atoms with Crippen LogP contribution >= 0.6 is 0 Å². The minimum Gasteiger partial charge on any atom is -0.399 e. The lowest BCUT2D eigenvalue weighted by Crippen LogP contribution is -2.01. The molecule has 0 radical (unpaired) electrons. The normalized spacial score (nSPS) is 19.2. The minimum atomic E-state index is 0.141. The molecule has 74 valence electrons. The fraction of sp³-hybridized carbons (Fsp3) is 0.500. The van der Waals surface area contributed by atoms with Crippen LogP contribution in [0.2, 0.25) is 0 Å². The van der Waals surface area contributed by atoms with Crippen LogP contribution in [-0.2, 0) is 0 Å². The summed E-state index contributed by atoms with van der Waals surface area (Å²) in [6.45, 7) is 10.3. The molecule has 0 fully saturated rings. The standard InChI is InChI=1S/C10H15N.C2H6/c1-8-4-6-10(2,3)7-5-9(8)11;1-2/h4-7H,11H2,1-3H3;1-2H3. The Kier molecular flexibility index (Phi) is 4.53. The van der Waals surface area contributed by atoms with Crippen LogP contribution in [-0.4, -0.2) is 0 Å². The molecular formula is C12H21N. The van der Waals surface area contributed by atoms with Crippen molar-refractivity contribution < 1.29 is 0 Å². The summed E-state index contributed by atoms with van der Waals surface area (Å²) in [5.41, 5.74) is 7.89. The highest BCUT2D eigenvalue weighted by atomic mass is 14.6. The van der Waals surface area contributed by atoms with E-state index in [0.717, 1.165) is 11.3 Å². The van der Waals surface area contributed by atoms with Crippen LogP contribution < -0.4 is 5.73 Å². The Hall–Kier alpha value is -0.980. The summed E-state index contributed by atoms with van der Waals surface area (Å²) in [5, 5.41) is 0. The number of allylic oxidation sites excluding steroid dienone is 5. The Morgan fingerprint density at radius 3 is 2.08 bits per heavy atom. The van der Waals surface area contributed by atoms with Gasteiger partial charge < -0.3 is 5.73 Å². The quantitative estimate of drug-likeness (QED) is 0.606. The Morgan fingerprint density at radius 2 is 1.54 bits per heavy atom. The second-order valence-electron chi connectivity index (χ2n) is 3.63. The van der Waals surface area contributed by atoms with Gasteiger partial charge in [-0.3, -0.25) is 0 Å². The average molecular weight is 179 g/mol. The van der Waals surface area contributed by atoms with Gasteiger partial charge in [0, 0.05) is 11.1 Å². The molecule has 1 heteroatoms. The van der Waals surface area contributed by atoms with Gasteiger partial charge in [-0.05, 0) is 18.6 Å². The summed E-state index contributed by atoms with van der Waals surface area (Å²) in [7, 11) is 0. The smallest absolute Gasteiger partial charge is 0.0340 e. The monoisotopic (exact) mass is 179 g/mol. The molecule has 1 nitrogen and oxygen atoms in total.